The van der Waals surface area contributed by atoms with E-state index in [9.17, 15) is 4.79 Å². The minimum atomic E-state index is -0.0524. The number of hydrogen-bond acceptors (Lipinski definition) is 3. The Kier molecular flexibility index (Phi) is 4.52. The molecule has 0 unspecified atom stereocenters. The molecular formula is C14H19N3O2. The Morgan fingerprint density at radius 1 is 1.42 bits per heavy atom. The fourth-order valence-corrected chi connectivity index (χ4v) is 2.01. The standard InChI is InChI=1S/C14H19N3O2/c1-3-19-9-8-17-13-7-5-4-6-12(13)16-14(17)10-15-11(2)18/h4-7H,3,8-10H2,1-2H3,(H,15,18). The lowest BCUT2D eigenvalue weighted by atomic mass is 10.3. The van der Waals surface area contributed by atoms with Gasteiger partial charge in [-0.15, -0.1) is 0 Å². The molecule has 1 N–H and O–H groups in total. The molecule has 0 bridgehead atoms. The summed E-state index contributed by atoms with van der Waals surface area (Å²) in [6.45, 7) is 6.01. The molecule has 0 aliphatic heterocycles. The monoisotopic (exact) mass is 261 g/mol. The van der Waals surface area contributed by atoms with Gasteiger partial charge in [-0.25, -0.2) is 4.98 Å². The summed E-state index contributed by atoms with van der Waals surface area (Å²) < 4.78 is 7.50. The summed E-state index contributed by atoms with van der Waals surface area (Å²) in [6.07, 6.45) is 0. The van der Waals surface area contributed by atoms with E-state index in [-0.39, 0.29) is 5.91 Å². The maximum Gasteiger partial charge on any atom is 0.217 e. The van der Waals surface area contributed by atoms with Crippen molar-refractivity contribution in [3.63, 3.8) is 0 Å². The lowest BCUT2D eigenvalue weighted by Crippen LogP contribution is -2.22. The number of aromatic nitrogens is 2. The molecule has 0 radical (unpaired) electrons. The number of rotatable bonds is 6. The van der Waals surface area contributed by atoms with Gasteiger partial charge in [0.05, 0.1) is 24.2 Å². The molecule has 0 fully saturated rings. The summed E-state index contributed by atoms with van der Waals surface area (Å²) in [5.74, 6) is 0.805. The molecule has 102 valence electrons. The molecule has 1 amide bonds. The highest BCUT2D eigenvalue weighted by molar-refractivity contribution is 5.76. The summed E-state index contributed by atoms with van der Waals surface area (Å²) in [7, 11) is 0. The first-order valence-electron chi connectivity index (χ1n) is 6.48. The van der Waals surface area contributed by atoms with Gasteiger partial charge in [-0.1, -0.05) is 12.1 Å². The molecule has 19 heavy (non-hydrogen) atoms. The van der Waals surface area contributed by atoms with Crippen molar-refractivity contribution in [2.24, 2.45) is 0 Å². The van der Waals surface area contributed by atoms with Crippen LogP contribution in [-0.4, -0.2) is 28.7 Å². The van der Waals surface area contributed by atoms with Crippen LogP contribution in [0.25, 0.3) is 11.0 Å². The first-order chi connectivity index (χ1) is 9.22. The van der Waals surface area contributed by atoms with Crippen LogP contribution in [-0.2, 0) is 22.6 Å². The van der Waals surface area contributed by atoms with E-state index in [0.29, 0.717) is 19.8 Å². The third kappa shape index (κ3) is 3.32. The van der Waals surface area contributed by atoms with Gasteiger partial charge < -0.3 is 14.6 Å². The fourth-order valence-electron chi connectivity index (χ4n) is 2.01. The summed E-state index contributed by atoms with van der Waals surface area (Å²) in [6, 6.07) is 7.96. The van der Waals surface area contributed by atoms with Gasteiger partial charge in [0.1, 0.15) is 5.82 Å². The highest BCUT2D eigenvalue weighted by Crippen LogP contribution is 2.15. The Labute approximate surface area is 112 Å². The number of carbonyl (C=O) groups is 1. The van der Waals surface area contributed by atoms with Crippen molar-refractivity contribution in [1.82, 2.24) is 14.9 Å². The zero-order valence-corrected chi connectivity index (χ0v) is 11.3. The van der Waals surface area contributed by atoms with Crippen LogP contribution in [0.5, 0.6) is 0 Å². The van der Waals surface area contributed by atoms with Crippen molar-refractivity contribution in [2.45, 2.75) is 26.9 Å². The van der Waals surface area contributed by atoms with Crippen LogP contribution in [0, 0.1) is 0 Å². The van der Waals surface area contributed by atoms with E-state index in [0.717, 1.165) is 23.4 Å². The normalized spacial score (nSPS) is 10.8. The average molecular weight is 261 g/mol. The molecule has 1 heterocycles. The predicted molar refractivity (Wildman–Crippen MR) is 73.7 cm³/mol. The van der Waals surface area contributed by atoms with Crippen LogP contribution >= 0.6 is 0 Å². The predicted octanol–water partition coefficient (Wildman–Crippen LogP) is 1.71. The minimum absolute atomic E-state index is 0.0524. The molecule has 1 aromatic heterocycles. The van der Waals surface area contributed by atoms with E-state index >= 15 is 0 Å². The second kappa shape index (κ2) is 6.33. The largest absolute Gasteiger partial charge is 0.380 e. The maximum absolute atomic E-state index is 11.0. The second-order valence-electron chi connectivity index (χ2n) is 4.28. The van der Waals surface area contributed by atoms with Crippen LogP contribution in [0.15, 0.2) is 24.3 Å². The van der Waals surface area contributed by atoms with Crippen molar-refractivity contribution < 1.29 is 9.53 Å². The number of carbonyl (C=O) groups excluding carboxylic acids is 1. The molecule has 5 nitrogen and oxygen atoms in total. The van der Waals surface area contributed by atoms with Gasteiger partial charge in [0.15, 0.2) is 0 Å². The number of imidazole rings is 1. The Morgan fingerprint density at radius 2 is 2.21 bits per heavy atom. The maximum atomic E-state index is 11.0. The van der Waals surface area contributed by atoms with E-state index in [1.54, 1.807) is 0 Å². The zero-order chi connectivity index (χ0) is 13.7. The second-order valence-corrected chi connectivity index (χ2v) is 4.28. The first kappa shape index (κ1) is 13.5. The molecule has 0 aliphatic carbocycles. The minimum Gasteiger partial charge on any atom is -0.380 e. The summed E-state index contributed by atoms with van der Waals surface area (Å²) >= 11 is 0. The number of amides is 1. The highest BCUT2D eigenvalue weighted by atomic mass is 16.5. The molecule has 0 aliphatic rings. The molecular weight excluding hydrogens is 242 g/mol. The topological polar surface area (TPSA) is 56.1 Å². The van der Waals surface area contributed by atoms with Crippen molar-refractivity contribution in [3.8, 4) is 0 Å². The average Bonchev–Trinajstić information content (AvgIpc) is 2.75. The molecule has 1 aromatic carbocycles. The summed E-state index contributed by atoms with van der Waals surface area (Å²) in [5, 5.41) is 2.79. The van der Waals surface area contributed by atoms with E-state index < -0.39 is 0 Å². The number of nitrogens with one attached hydrogen (secondary N) is 1. The van der Waals surface area contributed by atoms with E-state index in [4.69, 9.17) is 4.74 Å². The molecule has 0 saturated heterocycles. The van der Waals surface area contributed by atoms with Gasteiger partial charge >= 0.3 is 0 Å². The van der Waals surface area contributed by atoms with Crippen LogP contribution < -0.4 is 5.32 Å². The smallest absolute Gasteiger partial charge is 0.217 e. The number of benzene rings is 1. The lowest BCUT2D eigenvalue weighted by Gasteiger charge is -2.09. The highest BCUT2D eigenvalue weighted by Gasteiger charge is 2.10. The number of para-hydroxylation sites is 2. The van der Waals surface area contributed by atoms with Gasteiger partial charge in [-0.05, 0) is 19.1 Å². The van der Waals surface area contributed by atoms with Gasteiger partial charge in [0.25, 0.3) is 0 Å². The number of hydrogen-bond donors (Lipinski definition) is 1. The SMILES string of the molecule is CCOCCn1c(CNC(C)=O)nc2ccccc21. The van der Waals surface area contributed by atoms with Crippen LogP contribution in [0.3, 0.4) is 0 Å². The fraction of sp³-hybridized carbons (Fsp3) is 0.429. The van der Waals surface area contributed by atoms with Crippen LogP contribution in [0.2, 0.25) is 0 Å². The van der Waals surface area contributed by atoms with Crippen molar-refractivity contribution in [1.29, 1.82) is 0 Å². The van der Waals surface area contributed by atoms with Crippen molar-refractivity contribution in [2.75, 3.05) is 13.2 Å². The van der Waals surface area contributed by atoms with Gasteiger partial charge in [-0.3, -0.25) is 4.79 Å². The van der Waals surface area contributed by atoms with Gasteiger partial charge in [-0.2, -0.15) is 0 Å². The Morgan fingerprint density at radius 3 is 2.95 bits per heavy atom. The summed E-state index contributed by atoms with van der Waals surface area (Å²) in [4.78, 5) is 15.6. The van der Waals surface area contributed by atoms with Crippen molar-refractivity contribution >= 4 is 16.9 Å². The molecule has 2 rings (SSSR count). The quantitative estimate of drug-likeness (QED) is 0.805. The van der Waals surface area contributed by atoms with Gasteiger partial charge in [0, 0.05) is 20.1 Å². The lowest BCUT2D eigenvalue weighted by molar-refractivity contribution is -0.119. The number of nitrogens with zero attached hydrogens (tertiary/aromatic N) is 2. The Hall–Kier alpha value is -1.88. The number of ether oxygens (including phenoxy) is 1. The van der Waals surface area contributed by atoms with E-state index in [2.05, 4.69) is 14.9 Å². The van der Waals surface area contributed by atoms with Gasteiger partial charge in [0.2, 0.25) is 5.91 Å². The molecule has 0 spiro atoms. The van der Waals surface area contributed by atoms with E-state index in [1.807, 2.05) is 31.2 Å². The molecule has 0 atom stereocenters. The third-order valence-electron chi connectivity index (χ3n) is 2.89. The first-order valence-corrected chi connectivity index (χ1v) is 6.48. The Bertz CT molecular complexity index is 563. The molecule has 5 heteroatoms. The third-order valence-corrected chi connectivity index (χ3v) is 2.89. The van der Waals surface area contributed by atoms with Crippen LogP contribution in [0.4, 0.5) is 0 Å². The molecule has 2 aromatic rings. The van der Waals surface area contributed by atoms with Crippen molar-refractivity contribution in [3.05, 3.63) is 30.1 Å². The number of fused-ring (bicyclic) bond motifs is 1. The zero-order valence-electron chi connectivity index (χ0n) is 11.3. The van der Waals surface area contributed by atoms with Crippen LogP contribution in [0.1, 0.15) is 19.7 Å². The Balaban J connectivity index is 2.26. The molecule has 0 saturated carbocycles. The summed E-state index contributed by atoms with van der Waals surface area (Å²) in [5.41, 5.74) is 2.02. The van der Waals surface area contributed by atoms with E-state index in [1.165, 1.54) is 6.92 Å².